The summed E-state index contributed by atoms with van der Waals surface area (Å²) in [5.41, 5.74) is 1.01. The summed E-state index contributed by atoms with van der Waals surface area (Å²) < 4.78 is 39.9. The third-order valence-corrected chi connectivity index (χ3v) is 4.65. The summed E-state index contributed by atoms with van der Waals surface area (Å²) in [7, 11) is -1.95. The van der Waals surface area contributed by atoms with Crippen molar-refractivity contribution >= 4 is 32.8 Å². The van der Waals surface area contributed by atoms with E-state index in [1.807, 2.05) is 0 Å². The quantitative estimate of drug-likeness (QED) is 0.676. The zero-order valence-electron chi connectivity index (χ0n) is 11.0. The molecule has 1 aromatic carbocycles. The molecule has 0 saturated heterocycles. The second-order valence-electron chi connectivity index (χ2n) is 4.03. The second kappa shape index (κ2) is 7.04. The lowest BCUT2D eigenvalue weighted by Crippen LogP contribution is -2.33. The molecule has 0 radical (unpaired) electrons. The van der Waals surface area contributed by atoms with Gasteiger partial charge in [0.25, 0.3) is 0 Å². The average molecular weight is 316 g/mol. The van der Waals surface area contributed by atoms with E-state index in [4.69, 9.17) is 4.74 Å². The number of aromatic nitrogens is 2. The molecule has 0 unspecified atom stereocenters. The highest BCUT2D eigenvalue weighted by atomic mass is 32.2. The van der Waals surface area contributed by atoms with Gasteiger partial charge in [-0.25, -0.2) is 13.1 Å². The van der Waals surface area contributed by atoms with Crippen molar-refractivity contribution in [3.63, 3.8) is 0 Å². The predicted octanol–water partition coefficient (Wildman–Crippen LogP) is 0.206. The predicted molar refractivity (Wildman–Crippen MR) is 77.3 cm³/mol. The fraction of sp³-hybridized carbons (Fsp3) is 0.455. The van der Waals surface area contributed by atoms with E-state index in [1.54, 1.807) is 19.2 Å². The Morgan fingerprint density at radius 3 is 2.90 bits per heavy atom. The van der Waals surface area contributed by atoms with Gasteiger partial charge in [-0.2, -0.15) is 8.75 Å². The van der Waals surface area contributed by atoms with Gasteiger partial charge in [0, 0.05) is 26.7 Å². The third kappa shape index (κ3) is 3.70. The van der Waals surface area contributed by atoms with Crippen molar-refractivity contribution in [1.82, 2.24) is 18.8 Å². The van der Waals surface area contributed by atoms with E-state index >= 15 is 0 Å². The minimum absolute atomic E-state index is 0.167. The molecule has 110 valence electrons. The van der Waals surface area contributed by atoms with Crippen LogP contribution in [0.4, 0.5) is 0 Å². The van der Waals surface area contributed by atoms with Gasteiger partial charge in [0.1, 0.15) is 15.9 Å². The number of sulfonamides is 1. The minimum Gasteiger partial charge on any atom is -0.383 e. The van der Waals surface area contributed by atoms with Gasteiger partial charge in [-0.15, -0.1) is 0 Å². The fourth-order valence-electron chi connectivity index (χ4n) is 1.65. The Bertz CT molecular complexity index is 656. The first-order chi connectivity index (χ1) is 9.65. The highest BCUT2D eigenvalue weighted by molar-refractivity contribution is 7.89. The van der Waals surface area contributed by atoms with E-state index in [0.29, 0.717) is 37.3 Å². The lowest BCUT2D eigenvalue weighted by molar-refractivity contribution is 0.199. The first-order valence-electron chi connectivity index (χ1n) is 6.06. The maximum Gasteiger partial charge on any atom is 0.242 e. The maximum atomic E-state index is 12.2. The summed E-state index contributed by atoms with van der Waals surface area (Å²) >= 11 is 1.00. The number of fused-ring (bicyclic) bond motifs is 1. The molecule has 1 aromatic heterocycles. The van der Waals surface area contributed by atoms with Crippen LogP contribution in [0.15, 0.2) is 23.1 Å². The van der Waals surface area contributed by atoms with Crippen molar-refractivity contribution in [2.45, 2.75) is 4.90 Å². The van der Waals surface area contributed by atoms with Crippen LogP contribution in [-0.2, 0) is 14.8 Å². The Labute approximate surface area is 121 Å². The average Bonchev–Trinajstić information content (AvgIpc) is 2.90. The number of nitrogens with one attached hydrogen (secondary N) is 2. The molecule has 2 rings (SSSR count). The smallest absolute Gasteiger partial charge is 0.242 e. The lowest BCUT2D eigenvalue weighted by atomic mass is 10.3. The summed E-state index contributed by atoms with van der Waals surface area (Å²) in [4.78, 5) is 0.167. The number of hydrogen-bond donors (Lipinski definition) is 2. The summed E-state index contributed by atoms with van der Waals surface area (Å²) in [5.74, 6) is 0. The zero-order valence-corrected chi connectivity index (χ0v) is 12.6. The molecule has 1 heterocycles. The summed E-state index contributed by atoms with van der Waals surface area (Å²) in [6.45, 7) is 2.12. The van der Waals surface area contributed by atoms with E-state index in [-0.39, 0.29) is 4.90 Å². The van der Waals surface area contributed by atoms with Crippen LogP contribution in [0.5, 0.6) is 0 Å². The van der Waals surface area contributed by atoms with Crippen molar-refractivity contribution in [3.8, 4) is 0 Å². The van der Waals surface area contributed by atoms with Gasteiger partial charge < -0.3 is 10.1 Å². The topological polar surface area (TPSA) is 93.2 Å². The molecule has 0 spiro atoms. The van der Waals surface area contributed by atoms with Gasteiger partial charge in [-0.3, -0.25) is 0 Å². The number of rotatable bonds is 8. The first-order valence-corrected chi connectivity index (χ1v) is 8.27. The number of nitrogens with zero attached hydrogens (tertiary/aromatic N) is 2. The zero-order chi connectivity index (χ0) is 14.4. The molecule has 9 heteroatoms. The Morgan fingerprint density at radius 1 is 1.25 bits per heavy atom. The number of benzene rings is 1. The van der Waals surface area contributed by atoms with Gasteiger partial charge in [-0.05, 0) is 12.1 Å². The standard InChI is InChI=1S/C11H16N4O3S2/c1-18-8-7-12-5-6-13-20(16,17)10-4-2-3-9-11(10)15-19-14-9/h2-4,12-13H,5-8H2,1H3. The molecule has 2 N–H and O–H groups in total. The molecular formula is C11H16N4O3S2. The Kier molecular flexibility index (Phi) is 5.38. The summed E-state index contributed by atoms with van der Waals surface area (Å²) in [5, 5.41) is 3.06. The lowest BCUT2D eigenvalue weighted by Gasteiger charge is -2.07. The molecular weight excluding hydrogens is 300 g/mol. The molecule has 0 aliphatic heterocycles. The van der Waals surface area contributed by atoms with Crippen LogP contribution in [-0.4, -0.2) is 50.5 Å². The second-order valence-corrected chi connectivity index (χ2v) is 6.29. The monoisotopic (exact) mass is 316 g/mol. The van der Waals surface area contributed by atoms with Crippen molar-refractivity contribution < 1.29 is 13.2 Å². The van der Waals surface area contributed by atoms with Crippen molar-refractivity contribution in [1.29, 1.82) is 0 Å². The Balaban J connectivity index is 1.98. The minimum atomic E-state index is -3.57. The van der Waals surface area contributed by atoms with Gasteiger partial charge >= 0.3 is 0 Å². The molecule has 0 bridgehead atoms. The first kappa shape index (κ1) is 15.3. The normalized spacial score (nSPS) is 12.1. The van der Waals surface area contributed by atoms with Gasteiger partial charge in [0.2, 0.25) is 10.0 Å². The molecule has 7 nitrogen and oxygen atoms in total. The third-order valence-electron chi connectivity index (χ3n) is 2.62. The van der Waals surface area contributed by atoms with Crippen LogP contribution in [0.3, 0.4) is 0 Å². The fourth-order valence-corrected chi connectivity index (χ4v) is 3.45. The Hall–Kier alpha value is -1.13. The Morgan fingerprint density at radius 2 is 2.10 bits per heavy atom. The van der Waals surface area contributed by atoms with Crippen molar-refractivity contribution in [2.24, 2.45) is 0 Å². The molecule has 0 aliphatic rings. The molecule has 0 saturated carbocycles. The van der Waals surface area contributed by atoms with Crippen LogP contribution in [0.2, 0.25) is 0 Å². The SMILES string of the molecule is COCCNCCNS(=O)(=O)c1cccc2nsnc12. The van der Waals surface area contributed by atoms with Crippen LogP contribution >= 0.6 is 11.7 Å². The van der Waals surface area contributed by atoms with Gasteiger partial charge in [0.05, 0.1) is 18.3 Å². The highest BCUT2D eigenvalue weighted by Crippen LogP contribution is 2.20. The molecule has 2 aromatic rings. The van der Waals surface area contributed by atoms with Crippen molar-refractivity contribution in [3.05, 3.63) is 18.2 Å². The molecule has 0 aliphatic carbocycles. The van der Waals surface area contributed by atoms with Crippen LogP contribution < -0.4 is 10.0 Å². The number of ether oxygens (including phenoxy) is 1. The summed E-state index contributed by atoms with van der Waals surface area (Å²) in [6, 6.07) is 4.93. The van der Waals surface area contributed by atoms with E-state index in [2.05, 4.69) is 18.8 Å². The van der Waals surface area contributed by atoms with Crippen LogP contribution in [0.25, 0.3) is 11.0 Å². The van der Waals surface area contributed by atoms with E-state index in [1.165, 1.54) is 6.07 Å². The molecule has 20 heavy (non-hydrogen) atoms. The largest absolute Gasteiger partial charge is 0.383 e. The van der Waals surface area contributed by atoms with Gasteiger partial charge in [-0.1, -0.05) is 6.07 Å². The summed E-state index contributed by atoms with van der Waals surface area (Å²) in [6.07, 6.45) is 0. The van der Waals surface area contributed by atoms with E-state index in [9.17, 15) is 8.42 Å². The molecule has 0 atom stereocenters. The molecule has 0 amide bonds. The molecule has 0 fully saturated rings. The maximum absolute atomic E-state index is 12.2. The van der Waals surface area contributed by atoms with Crippen LogP contribution in [0.1, 0.15) is 0 Å². The highest BCUT2D eigenvalue weighted by Gasteiger charge is 2.18. The van der Waals surface area contributed by atoms with Gasteiger partial charge in [0.15, 0.2) is 0 Å². The van der Waals surface area contributed by atoms with Crippen LogP contribution in [0, 0.1) is 0 Å². The number of methoxy groups -OCH3 is 1. The van der Waals surface area contributed by atoms with E-state index < -0.39 is 10.0 Å². The van der Waals surface area contributed by atoms with Crippen molar-refractivity contribution in [2.75, 3.05) is 33.4 Å². The van der Waals surface area contributed by atoms with E-state index in [0.717, 1.165) is 11.7 Å². The number of hydrogen-bond acceptors (Lipinski definition) is 7.